The number of imidazole rings is 2. The maximum atomic E-state index is 5.58. The van der Waals surface area contributed by atoms with E-state index in [4.69, 9.17) is 29.9 Å². The summed E-state index contributed by atoms with van der Waals surface area (Å²) in [6, 6.07) is 60.1. The van der Waals surface area contributed by atoms with E-state index in [0.717, 1.165) is 154 Å². The lowest BCUT2D eigenvalue weighted by atomic mass is 9.88. The Labute approximate surface area is 435 Å². The number of unbranched alkanes of at least 4 members (excludes halogenated alkanes) is 2. The summed E-state index contributed by atoms with van der Waals surface area (Å²) in [6.45, 7) is 8.96. The van der Waals surface area contributed by atoms with Crippen molar-refractivity contribution in [1.29, 1.82) is 0 Å². The number of nitrogens with zero attached hydrogens (tertiary/aromatic N) is 8. The van der Waals surface area contributed by atoms with Gasteiger partial charge in [0.25, 0.3) is 0 Å². The number of fused-ring (bicyclic) bond motifs is 2. The first-order valence-corrected chi connectivity index (χ1v) is 26.7. The van der Waals surface area contributed by atoms with Crippen LogP contribution in [0, 0.1) is 0 Å². The molecule has 0 spiro atoms. The first kappa shape index (κ1) is 47.9. The molecule has 4 heterocycles. The van der Waals surface area contributed by atoms with Crippen LogP contribution < -0.4 is 0 Å². The van der Waals surface area contributed by atoms with E-state index in [-0.39, 0.29) is 0 Å². The van der Waals surface area contributed by atoms with Gasteiger partial charge in [-0.15, -0.1) is 0 Å². The molecule has 366 valence electrons. The van der Waals surface area contributed by atoms with E-state index in [0.29, 0.717) is 11.4 Å². The summed E-state index contributed by atoms with van der Waals surface area (Å²) in [7, 11) is 0. The Morgan fingerprint density at radius 2 is 0.757 bits per heavy atom. The molecule has 7 aromatic carbocycles. The van der Waals surface area contributed by atoms with E-state index in [1.165, 1.54) is 22.3 Å². The fraction of sp³-hybridized carbons (Fsp3) is 0.212. The summed E-state index contributed by atoms with van der Waals surface area (Å²) < 4.78 is 4.46. The van der Waals surface area contributed by atoms with Crippen molar-refractivity contribution in [2.75, 3.05) is 0 Å². The average molecular weight is 967 g/mol. The van der Waals surface area contributed by atoms with Gasteiger partial charge in [-0.1, -0.05) is 163 Å². The second-order valence-electron chi connectivity index (χ2n) is 19.4. The zero-order valence-corrected chi connectivity index (χ0v) is 43.0. The highest BCUT2D eigenvalue weighted by molar-refractivity contribution is 5.89. The number of para-hydroxylation sites is 2. The third-order valence-electron chi connectivity index (χ3n) is 14.1. The van der Waals surface area contributed by atoms with E-state index < -0.39 is 0 Å². The second kappa shape index (κ2) is 21.8. The SMILES string of the molecule is CCCCc1ccc2c(c1)nc(-c1cnc(-c3cc(CCC)c(-c4ncc(-c5nc6cc(CCCC)ccc6n5-c5ccccc5)nc4-c4ccccc4)cc3CCC)c(-c3ccccc3)n1)n2-c1ccccc1. The highest BCUT2D eigenvalue weighted by atomic mass is 15.1. The van der Waals surface area contributed by atoms with E-state index >= 15 is 0 Å². The third-order valence-corrected chi connectivity index (χ3v) is 14.1. The third kappa shape index (κ3) is 9.56. The molecule has 11 rings (SSSR count). The van der Waals surface area contributed by atoms with Crippen molar-refractivity contribution in [1.82, 2.24) is 39.0 Å². The van der Waals surface area contributed by atoms with Gasteiger partial charge in [0, 0.05) is 33.6 Å². The van der Waals surface area contributed by atoms with Gasteiger partial charge in [-0.3, -0.25) is 19.1 Å². The highest BCUT2D eigenvalue weighted by Gasteiger charge is 2.25. The van der Waals surface area contributed by atoms with Gasteiger partial charge >= 0.3 is 0 Å². The molecule has 0 fully saturated rings. The quantitative estimate of drug-likeness (QED) is 0.0851. The summed E-state index contributed by atoms with van der Waals surface area (Å²) >= 11 is 0. The van der Waals surface area contributed by atoms with E-state index in [2.05, 4.69) is 207 Å². The minimum Gasteiger partial charge on any atom is -0.291 e. The van der Waals surface area contributed by atoms with Gasteiger partial charge in [-0.25, -0.2) is 19.9 Å². The van der Waals surface area contributed by atoms with Crippen molar-refractivity contribution in [3.05, 3.63) is 205 Å². The van der Waals surface area contributed by atoms with E-state index in [9.17, 15) is 0 Å². The molecule has 0 amide bonds. The molecule has 0 bridgehead atoms. The van der Waals surface area contributed by atoms with Crippen molar-refractivity contribution in [3.8, 4) is 79.4 Å². The normalized spacial score (nSPS) is 11.5. The summed E-state index contributed by atoms with van der Waals surface area (Å²) in [5.74, 6) is 1.52. The van der Waals surface area contributed by atoms with Crippen LogP contribution in [0.4, 0.5) is 0 Å². The fourth-order valence-electron chi connectivity index (χ4n) is 10.4. The molecule has 0 N–H and O–H groups in total. The Morgan fingerprint density at radius 1 is 0.365 bits per heavy atom. The molecule has 0 saturated carbocycles. The Hall–Kier alpha value is -8.36. The smallest absolute Gasteiger partial charge is 0.166 e. The van der Waals surface area contributed by atoms with E-state index in [1.807, 2.05) is 12.4 Å². The van der Waals surface area contributed by atoms with Crippen LogP contribution in [0.15, 0.2) is 182 Å². The first-order chi connectivity index (χ1) is 36.5. The maximum absolute atomic E-state index is 5.58. The predicted molar refractivity (Wildman–Crippen MR) is 305 cm³/mol. The summed E-state index contributed by atoms with van der Waals surface area (Å²) in [6.07, 6.45) is 14.0. The van der Waals surface area contributed by atoms with Gasteiger partial charge in [0.15, 0.2) is 11.6 Å². The van der Waals surface area contributed by atoms with Gasteiger partial charge in [-0.2, -0.15) is 0 Å². The van der Waals surface area contributed by atoms with Crippen LogP contribution in [0.1, 0.15) is 88.5 Å². The minimum atomic E-state index is 0.714. The van der Waals surface area contributed by atoms with Crippen LogP contribution in [0.25, 0.3) is 102 Å². The first-order valence-electron chi connectivity index (χ1n) is 26.7. The number of rotatable bonds is 18. The summed E-state index contributed by atoms with van der Waals surface area (Å²) in [4.78, 5) is 32.7. The molecule has 8 nitrogen and oxygen atoms in total. The van der Waals surface area contributed by atoms with Crippen LogP contribution in [0.3, 0.4) is 0 Å². The lowest BCUT2D eigenvalue weighted by molar-refractivity contribution is 0.796. The topological polar surface area (TPSA) is 87.2 Å². The Morgan fingerprint density at radius 3 is 1.14 bits per heavy atom. The summed E-state index contributed by atoms with van der Waals surface area (Å²) in [5.41, 5.74) is 19.9. The Bertz CT molecular complexity index is 3460. The number of aromatic nitrogens is 8. The standard InChI is InChI=1S/C66H62N8/c1-5-9-25-45-35-37-59-55(39-45)71-65(73(59)51-31-19-13-20-32-51)57-43-67-63(61(69-57)47-27-15-11-16-28-47)53-41-50(24-8-4)54(42-49(53)23-7-3)64-62(48-29-17-12-18-30-48)70-58(44-68-64)66-72-56-40-46(26-10-6-2)36-38-60(56)74(66)52-33-21-14-22-34-52/h11-22,27-44H,5-10,23-26H2,1-4H3. The van der Waals surface area contributed by atoms with Crippen molar-refractivity contribution in [2.24, 2.45) is 0 Å². The molecule has 0 radical (unpaired) electrons. The zero-order valence-electron chi connectivity index (χ0n) is 43.0. The second-order valence-corrected chi connectivity index (χ2v) is 19.4. The summed E-state index contributed by atoms with van der Waals surface area (Å²) in [5, 5.41) is 0. The van der Waals surface area contributed by atoms with Crippen molar-refractivity contribution >= 4 is 22.1 Å². The van der Waals surface area contributed by atoms with Gasteiger partial charge in [-0.05, 0) is 121 Å². The maximum Gasteiger partial charge on any atom is 0.166 e. The van der Waals surface area contributed by atoms with Crippen molar-refractivity contribution in [3.63, 3.8) is 0 Å². The lowest BCUT2D eigenvalue weighted by Crippen LogP contribution is -2.05. The fourth-order valence-corrected chi connectivity index (χ4v) is 10.4. The molecule has 0 aliphatic carbocycles. The van der Waals surface area contributed by atoms with Crippen LogP contribution in [-0.4, -0.2) is 39.0 Å². The van der Waals surface area contributed by atoms with Crippen LogP contribution >= 0.6 is 0 Å². The van der Waals surface area contributed by atoms with Crippen LogP contribution in [0.2, 0.25) is 0 Å². The predicted octanol–water partition coefficient (Wildman–Crippen LogP) is 16.5. The molecule has 0 saturated heterocycles. The van der Waals surface area contributed by atoms with Crippen LogP contribution in [-0.2, 0) is 25.7 Å². The number of aryl methyl sites for hydroxylation is 4. The zero-order chi connectivity index (χ0) is 50.4. The molecule has 0 aliphatic heterocycles. The Kier molecular flexibility index (Phi) is 14.1. The number of benzene rings is 7. The van der Waals surface area contributed by atoms with Crippen LogP contribution in [0.5, 0.6) is 0 Å². The van der Waals surface area contributed by atoms with Gasteiger partial charge in [0.2, 0.25) is 0 Å². The largest absolute Gasteiger partial charge is 0.291 e. The van der Waals surface area contributed by atoms with Gasteiger partial charge in [0.1, 0.15) is 11.4 Å². The lowest BCUT2D eigenvalue weighted by Gasteiger charge is -2.20. The molecule has 0 unspecified atom stereocenters. The van der Waals surface area contributed by atoms with Gasteiger partial charge in [0.05, 0.1) is 57.2 Å². The molecule has 4 aromatic heterocycles. The number of hydrogen-bond acceptors (Lipinski definition) is 6. The molecular formula is C66H62N8. The molecule has 11 aromatic rings. The average Bonchev–Trinajstić information content (AvgIpc) is 4.04. The monoisotopic (exact) mass is 967 g/mol. The van der Waals surface area contributed by atoms with Crippen molar-refractivity contribution in [2.45, 2.75) is 91.9 Å². The molecule has 74 heavy (non-hydrogen) atoms. The van der Waals surface area contributed by atoms with Gasteiger partial charge < -0.3 is 0 Å². The molecule has 8 heteroatoms. The van der Waals surface area contributed by atoms with E-state index in [1.54, 1.807) is 0 Å². The minimum absolute atomic E-state index is 0.714. The Balaban J connectivity index is 1.08. The molecule has 0 atom stereocenters. The molecular weight excluding hydrogens is 905 g/mol. The number of hydrogen-bond donors (Lipinski definition) is 0. The highest BCUT2D eigenvalue weighted by Crippen LogP contribution is 2.41. The molecule has 0 aliphatic rings. The van der Waals surface area contributed by atoms with Crippen molar-refractivity contribution < 1.29 is 0 Å².